The largest absolute Gasteiger partial charge is 0.490 e. The van der Waals surface area contributed by atoms with Crippen molar-refractivity contribution < 1.29 is 14.6 Å². The summed E-state index contributed by atoms with van der Waals surface area (Å²) in [6, 6.07) is 11.2. The number of anilines is 1. The van der Waals surface area contributed by atoms with E-state index in [1.165, 1.54) is 0 Å². The smallest absolute Gasteiger partial charge is 0.274 e. The van der Waals surface area contributed by atoms with E-state index in [0.29, 0.717) is 17.9 Å². The summed E-state index contributed by atoms with van der Waals surface area (Å²) in [6.45, 7) is 2.12. The number of aliphatic hydroxyl groups is 1. The number of ether oxygens (including phenoxy) is 1. The average molecular weight is 422 g/mol. The number of amides is 1. The third-order valence-corrected chi connectivity index (χ3v) is 5.63. The first-order valence-corrected chi connectivity index (χ1v) is 10.5. The van der Waals surface area contributed by atoms with Crippen LogP contribution >= 0.6 is 0 Å². The van der Waals surface area contributed by atoms with Crippen molar-refractivity contribution in [1.29, 1.82) is 0 Å². The van der Waals surface area contributed by atoms with Crippen LogP contribution in [0.5, 0.6) is 5.75 Å². The van der Waals surface area contributed by atoms with Gasteiger partial charge in [-0.2, -0.15) is 0 Å². The number of aryl methyl sites for hydroxylation is 1. The van der Waals surface area contributed by atoms with Gasteiger partial charge in [0, 0.05) is 37.8 Å². The van der Waals surface area contributed by atoms with Crippen LogP contribution < -0.4 is 10.1 Å². The highest BCUT2D eigenvalue weighted by atomic mass is 16.5. The molecule has 8 nitrogen and oxygen atoms in total. The van der Waals surface area contributed by atoms with Gasteiger partial charge >= 0.3 is 0 Å². The number of pyridine rings is 1. The van der Waals surface area contributed by atoms with Gasteiger partial charge in [0.05, 0.1) is 6.10 Å². The Kier molecular flexibility index (Phi) is 6.27. The molecule has 1 aliphatic carbocycles. The van der Waals surface area contributed by atoms with Crippen molar-refractivity contribution in [1.82, 2.24) is 19.7 Å². The number of hydrogen-bond acceptors (Lipinski definition) is 6. The number of benzene rings is 1. The molecule has 3 atom stereocenters. The van der Waals surface area contributed by atoms with Crippen molar-refractivity contribution in [3.8, 4) is 5.75 Å². The van der Waals surface area contributed by atoms with Crippen molar-refractivity contribution in [2.75, 3.05) is 5.32 Å². The number of carbonyl (C=O) groups excluding carboxylic acids is 1. The molecular weight excluding hydrogens is 394 g/mol. The number of hydrogen-bond donors (Lipinski definition) is 2. The fraction of sp³-hybridized carbons (Fsp3) is 0.391. The summed E-state index contributed by atoms with van der Waals surface area (Å²) in [4.78, 5) is 16.9. The monoisotopic (exact) mass is 421 g/mol. The number of nitrogens with one attached hydrogen (secondary N) is 1. The minimum absolute atomic E-state index is 0.0274. The molecule has 162 valence electrons. The molecule has 3 aromatic rings. The van der Waals surface area contributed by atoms with E-state index in [4.69, 9.17) is 4.74 Å². The average Bonchev–Trinajstić information content (AvgIpc) is 3.36. The molecule has 4 rings (SSSR count). The number of rotatable bonds is 7. The molecule has 1 saturated carbocycles. The predicted molar refractivity (Wildman–Crippen MR) is 116 cm³/mol. The standard InChI is InChI=1S/C23H27N5O3/c1-15(10-22-27-25-14-28(22)2)16-4-3-5-17(11-16)26-23(30)21-13-20(8-9-24-21)31-19-7-6-18(29)12-19/h3-5,8-9,11,13-15,18-19,29H,6-7,10,12H2,1-2H3,(H,26,30)/t15-,18+,19-/m1/s1. The fourth-order valence-electron chi connectivity index (χ4n) is 3.83. The first-order valence-electron chi connectivity index (χ1n) is 10.5. The molecule has 0 saturated heterocycles. The lowest BCUT2D eigenvalue weighted by atomic mass is 9.97. The number of carbonyl (C=O) groups is 1. The van der Waals surface area contributed by atoms with E-state index in [0.717, 1.165) is 30.7 Å². The highest BCUT2D eigenvalue weighted by Gasteiger charge is 2.24. The second kappa shape index (κ2) is 9.26. The van der Waals surface area contributed by atoms with Gasteiger partial charge in [-0.25, -0.2) is 0 Å². The van der Waals surface area contributed by atoms with E-state index >= 15 is 0 Å². The normalized spacial score (nSPS) is 19.2. The maximum atomic E-state index is 12.7. The van der Waals surface area contributed by atoms with Gasteiger partial charge in [-0.1, -0.05) is 19.1 Å². The van der Waals surface area contributed by atoms with Crippen LogP contribution in [0.2, 0.25) is 0 Å². The van der Waals surface area contributed by atoms with Gasteiger partial charge in [0.2, 0.25) is 0 Å². The Hall–Kier alpha value is -3.26. The summed E-state index contributed by atoms with van der Waals surface area (Å²) in [6.07, 6.45) is 5.85. The number of aliphatic hydroxyl groups excluding tert-OH is 1. The lowest BCUT2D eigenvalue weighted by Crippen LogP contribution is -2.16. The fourth-order valence-corrected chi connectivity index (χ4v) is 3.83. The van der Waals surface area contributed by atoms with Gasteiger partial charge in [-0.15, -0.1) is 10.2 Å². The van der Waals surface area contributed by atoms with E-state index in [-0.39, 0.29) is 29.7 Å². The molecule has 0 aliphatic heterocycles. The quantitative estimate of drug-likeness (QED) is 0.608. The summed E-state index contributed by atoms with van der Waals surface area (Å²) >= 11 is 0. The van der Waals surface area contributed by atoms with Crippen molar-refractivity contribution in [3.05, 3.63) is 66.0 Å². The van der Waals surface area contributed by atoms with Crippen LogP contribution in [-0.2, 0) is 13.5 Å². The lowest BCUT2D eigenvalue weighted by molar-refractivity contribution is 0.102. The van der Waals surface area contributed by atoms with Crippen LogP contribution in [0, 0.1) is 0 Å². The van der Waals surface area contributed by atoms with Crippen LogP contribution in [-0.4, -0.2) is 43.0 Å². The SMILES string of the molecule is C[C@H](Cc1nncn1C)c1cccc(NC(=O)c2cc(O[C@@H]3CC[C@H](O)C3)ccn2)c1. The molecule has 1 fully saturated rings. The van der Waals surface area contributed by atoms with Crippen molar-refractivity contribution in [3.63, 3.8) is 0 Å². The Morgan fingerprint density at radius 2 is 2.19 bits per heavy atom. The van der Waals surface area contributed by atoms with Crippen LogP contribution in [0.25, 0.3) is 0 Å². The second-order valence-electron chi connectivity index (χ2n) is 8.13. The molecule has 8 heteroatoms. The Balaban J connectivity index is 1.41. The molecule has 2 aromatic heterocycles. The summed E-state index contributed by atoms with van der Waals surface area (Å²) in [5.74, 6) is 1.43. The topological polar surface area (TPSA) is 102 Å². The zero-order chi connectivity index (χ0) is 21.8. The molecule has 0 radical (unpaired) electrons. The Morgan fingerprint density at radius 3 is 2.94 bits per heavy atom. The van der Waals surface area contributed by atoms with Crippen LogP contribution in [0.1, 0.15) is 54.0 Å². The highest BCUT2D eigenvalue weighted by molar-refractivity contribution is 6.03. The van der Waals surface area contributed by atoms with Crippen LogP contribution in [0.4, 0.5) is 5.69 Å². The van der Waals surface area contributed by atoms with Crippen molar-refractivity contribution in [2.24, 2.45) is 7.05 Å². The molecule has 0 spiro atoms. The van der Waals surface area contributed by atoms with Crippen LogP contribution in [0.15, 0.2) is 48.9 Å². The van der Waals surface area contributed by atoms with Gasteiger partial charge in [-0.05, 0) is 42.5 Å². The molecule has 0 unspecified atom stereocenters. The maximum Gasteiger partial charge on any atom is 0.274 e. The molecule has 2 N–H and O–H groups in total. The Labute approximate surface area is 181 Å². The zero-order valence-corrected chi connectivity index (χ0v) is 17.7. The first-order chi connectivity index (χ1) is 15.0. The van der Waals surface area contributed by atoms with Gasteiger partial charge in [0.1, 0.15) is 29.7 Å². The van der Waals surface area contributed by atoms with E-state index in [2.05, 4.69) is 27.4 Å². The molecule has 1 amide bonds. The van der Waals surface area contributed by atoms with E-state index in [9.17, 15) is 9.90 Å². The summed E-state index contributed by atoms with van der Waals surface area (Å²) in [7, 11) is 1.93. The summed E-state index contributed by atoms with van der Waals surface area (Å²) < 4.78 is 7.82. The molecule has 2 heterocycles. The number of aromatic nitrogens is 4. The van der Waals surface area contributed by atoms with Crippen molar-refractivity contribution in [2.45, 2.75) is 50.7 Å². The predicted octanol–water partition coefficient (Wildman–Crippen LogP) is 3.10. The number of nitrogens with zero attached hydrogens (tertiary/aromatic N) is 4. The van der Waals surface area contributed by atoms with Crippen molar-refractivity contribution >= 4 is 11.6 Å². The van der Waals surface area contributed by atoms with Crippen LogP contribution in [0.3, 0.4) is 0 Å². The minimum atomic E-state index is -0.307. The van der Waals surface area contributed by atoms with E-state index in [1.807, 2.05) is 35.9 Å². The zero-order valence-electron chi connectivity index (χ0n) is 17.7. The minimum Gasteiger partial charge on any atom is -0.490 e. The van der Waals surface area contributed by atoms with Gasteiger partial charge in [-0.3, -0.25) is 9.78 Å². The third-order valence-electron chi connectivity index (χ3n) is 5.63. The van der Waals surface area contributed by atoms with Gasteiger partial charge < -0.3 is 19.7 Å². The summed E-state index contributed by atoms with van der Waals surface area (Å²) in [5.41, 5.74) is 2.10. The maximum absolute atomic E-state index is 12.7. The first kappa shape index (κ1) is 21.0. The highest BCUT2D eigenvalue weighted by Crippen LogP contribution is 2.25. The van der Waals surface area contributed by atoms with E-state index in [1.54, 1.807) is 24.7 Å². The van der Waals surface area contributed by atoms with Gasteiger partial charge in [0.25, 0.3) is 5.91 Å². The molecule has 31 heavy (non-hydrogen) atoms. The van der Waals surface area contributed by atoms with E-state index < -0.39 is 0 Å². The van der Waals surface area contributed by atoms with Gasteiger partial charge in [0.15, 0.2) is 0 Å². The molecule has 1 aliphatic rings. The Bertz CT molecular complexity index is 1050. The summed E-state index contributed by atoms with van der Waals surface area (Å²) in [5, 5.41) is 20.7. The molecule has 1 aromatic carbocycles. The molecule has 0 bridgehead atoms. The molecular formula is C23H27N5O3. The Morgan fingerprint density at radius 1 is 1.32 bits per heavy atom. The second-order valence-corrected chi connectivity index (χ2v) is 8.13. The lowest BCUT2D eigenvalue weighted by Gasteiger charge is -2.14. The third kappa shape index (κ3) is 5.27.